The Morgan fingerprint density at radius 1 is 1.03 bits per heavy atom. The molecule has 1 aromatic carbocycles. The molecule has 0 saturated carbocycles. The number of ether oxygens (including phenoxy) is 1. The van der Waals surface area contributed by atoms with E-state index in [-0.39, 0.29) is 23.9 Å². The molecule has 2 N–H and O–H groups in total. The van der Waals surface area contributed by atoms with Gasteiger partial charge in [-0.3, -0.25) is 9.59 Å². The summed E-state index contributed by atoms with van der Waals surface area (Å²) < 4.78 is 5.43. The van der Waals surface area contributed by atoms with Crippen molar-refractivity contribution >= 4 is 29.7 Å². The fourth-order valence-corrected chi connectivity index (χ4v) is 4.13. The second-order valence-corrected chi connectivity index (χ2v) is 11.1. The zero-order valence-corrected chi connectivity index (χ0v) is 23.8. The van der Waals surface area contributed by atoms with Gasteiger partial charge in [-0.25, -0.2) is 4.79 Å². The smallest absolute Gasteiger partial charge is 0.408 e. The van der Waals surface area contributed by atoms with Gasteiger partial charge in [-0.05, 0) is 83.9 Å². The Bertz CT molecular complexity index is 821. The minimum atomic E-state index is -0.817. The lowest BCUT2D eigenvalue weighted by molar-refractivity contribution is -0.145. The first-order valence-electron chi connectivity index (χ1n) is 12.5. The molecule has 0 aromatic heterocycles. The fourth-order valence-electron chi connectivity index (χ4n) is 3.66. The molecule has 0 heterocycles. The molecular weight excluding hydrogens is 462 g/mol. The minimum absolute atomic E-state index is 0.0824. The molecule has 0 aliphatic heterocycles. The van der Waals surface area contributed by atoms with Crippen LogP contribution < -0.4 is 10.6 Å². The van der Waals surface area contributed by atoms with Gasteiger partial charge in [0.2, 0.25) is 11.8 Å². The molecule has 0 aliphatic carbocycles. The van der Waals surface area contributed by atoms with Crippen LogP contribution in [0.15, 0.2) is 24.3 Å². The van der Waals surface area contributed by atoms with Crippen molar-refractivity contribution in [1.82, 2.24) is 15.5 Å². The lowest BCUT2D eigenvalue weighted by Crippen LogP contribution is -2.56. The highest BCUT2D eigenvalue weighted by molar-refractivity contribution is 7.98. The second kappa shape index (κ2) is 14.4. The van der Waals surface area contributed by atoms with Gasteiger partial charge >= 0.3 is 6.09 Å². The van der Waals surface area contributed by atoms with Crippen molar-refractivity contribution in [2.75, 3.05) is 12.0 Å². The van der Waals surface area contributed by atoms with E-state index in [1.807, 2.05) is 58.2 Å². The number of thioether (sulfide) groups is 1. The van der Waals surface area contributed by atoms with Crippen LogP contribution in [0.2, 0.25) is 0 Å². The van der Waals surface area contributed by atoms with Crippen molar-refractivity contribution in [1.29, 1.82) is 0 Å². The highest BCUT2D eigenvalue weighted by Crippen LogP contribution is 2.27. The fraction of sp³-hybridized carbons (Fsp3) is 0.667. The number of hydrogen-bond donors (Lipinski definition) is 2. The van der Waals surface area contributed by atoms with Crippen LogP contribution in [0.25, 0.3) is 0 Å². The molecule has 0 radical (unpaired) electrons. The van der Waals surface area contributed by atoms with E-state index in [9.17, 15) is 14.4 Å². The average molecular weight is 508 g/mol. The maximum Gasteiger partial charge on any atom is 0.408 e. The highest BCUT2D eigenvalue weighted by Gasteiger charge is 2.38. The maximum atomic E-state index is 14.0. The van der Waals surface area contributed by atoms with Crippen molar-refractivity contribution in [3.8, 4) is 0 Å². The van der Waals surface area contributed by atoms with E-state index in [2.05, 4.69) is 17.6 Å². The normalized spacial score (nSPS) is 14.1. The van der Waals surface area contributed by atoms with E-state index in [4.69, 9.17) is 4.74 Å². The van der Waals surface area contributed by atoms with Crippen LogP contribution in [0.4, 0.5) is 4.79 Å². The quantitative estimate of drug-likeness (QED) is 0.412. The number of alkyl carbamates (subject to hydrolysis) is 1. The number of amides is 3. The van der Waals surface area contributed by atoms with Crippen molar-refractivity contribution in [2.24, 2.45) is 0 Å². The number of nitrogens with one attached hydrogen (secondary N) is 2. The molecule has 198 valence electrons. The van der Waals surface area contributed by atoms with E-state index in [0.717, 1.165) is 17.5 Å². The van der Waals surface area contributed by atoms with Gasteiger partial charge in [-0.2, -0.15) is 11.8 Å². The molecule has 0 bridgehead atoms. The largest absolute Gasteiger partial charge is 0.444 e. The van der Waals surface area contributed by atoms with Gasteiger partial charge in [0.25, 0.3) is 0 Å². The van der Waals surface area contributed by atoms with Crippen molar-refractivity contribution in [3.05, 3.63) is 35.4 Å². The van der Waals surface area contributed by atoms with E-state index < -0.39 is 23.8 Å². The Balaban J connectivity index is 3.48. The Labute approximate surface area is 216 Å². The Morgan fingerprint density at radius 3 is 2.09 bits per heavy atom. The third-order valence-electron chi connectivity index (χ3n) is 5.58. The summed E-state index contributed by atoms with van der Waals surface area (Å²) in [6, 6.07) is 5.89. The molecule has 3 unspecified atom stereocenters. The summed E-state index contributed by atoms with van der Waals surface area (Å²) in [5.74, 6) is 0.149. The van der Waals surface area contributed by atoms with Gasteiger partial charge in [0.1, 0.15) is 17.7 Å². The van der Waals surface area contributed by atoms with Crippen molar-refractivity contribution in [3.63, 3.8) is 0 Å². The molecule has 8 heteroatoms. The van der Waals surface area contributed by atoms with Crippen molar-refractivity contribution < 1.29 is 19.1 Å². The van der Waals surface area contributed by atoms with Crippen LogP contribution in [-0.4, -0.2) is 58.5 Å². The maximum absolute atomic E-state index is 14.0. The SMILES string of the molecule is CCc1ccc(C(C(=O)NC(C)C)N(C(=O)C(CCSC)NC(=O)OC(C)(C)C)C(C)CC)cc1. The Hall–Kier alpha value is -2.22. The van der Waals surface area contributed by atoms with Gasteiger partial charge in [0.05, 0.1) is 0 Å². The first-order chi connectivity index (χ1) is 16.3. The number of carbonyl (C=O) groups is 3. The summed E-state index contributed by atoms with van der Waals surface area (Å²) in [5.41, 5.74) is 1.21. The van der Waals surface area contributed by atoms with E-state index in [0.29, 0.717) is 18.6 Å². The van der Waals surface area contributed by atoms with Crippen molar-refractivity contribution in [2.45, 2.75) is 104 Å². The van der Waals surface area contributed by atoms with Crippen LogP contribution in [0.5, 0.6) is 0 Å². The Kier molecular flexibility index (Phi) is 12.6. The third-order valence-corrected chi connectivity index (χ3v) is 6.22. The standard InChI is InChI=1S/C27H45N3O4S/c1-10-19(5)30(25(32)22(16-17-35-9)29-26(33)34-27(6,7)8)23(24(31)28-18(3)4)21-14-12-20(11-2)13-15-21/h12-15,18-19,22-23H,10-11,16-17H2,1-9H3,(H,28,31)(H,29,33). The number of hydrogen-bond acceptors (Lipinski definition) is 5. The average Bonchev–Trinajstić information content (AvgIpc) is 2.77. The van der Waals surface area contributed by atoms with Crippen LogP contribution in [0, 0.1) is 0 Å². The van der Waals surface area contributed by atoms with E-state index in [1.54, 1.807) is 37.4 Å². The number of aryl methyl sites for hydroxylation is 1. The third kappa shape index (κ3) is 10.1. The molecule has 35 heavy (non-hydrogen) atoms. The van der Waals surface area contributed by atoms with Crippen LogP contribution in [0.3, 0.4) is 0 Å². The Morgan fingerprint density at radius 2 is 1.63 bits per heavy atom. The van der Waals surface area contributed by atoms with Crippen LogP contribution in [-0.2, 0) is 20.7 Å². The number of nitrogens with zero attached hydrogens (tertiary/aromatic N) is 1. The lowest BCUT2D eigenvalue weighted by Gasteiger charge is -2.38. The predicted molar refractivity (Wildman–Crippen MR) is 145 cm³/mol. The van der Waals surface area contributed by atoms with E-state index in [1.165, 1.54) is 0 Å². The molecule has 3 atom stereocenters. The second-order valence-electron chi connectivity index (χ2n) is 10.1. The first kappa shape index (κ1) is 30.8. The molecule has 1 aromatic rings. The zero-order chi connectivity index (χ0) is 26.8. The predicted octanol–water partition coefficient (Wildman–Crippen LogP) is 5.09. The van der Waals surface area contributed by atoms with Gasteiger partial charge < -0.3 is 20.3 Å². The highest BCUT2D eigenvalue weighted by atomic mass is 32.2. The van der Waals surface area contributed by atoms with Gasteiger partial charge in [-0.15, -0.1) is 0 Å². The molecule has 0 saturated heterocycles. The van der Waals surface area contributed by atoms with Gasteiger partial charge in [0.15, 0.2) is 0 Å². The summed E-state index contributed by atoms with van der Waals surface area (Å²) in [6.45, 7) is 15.1. The topological polar surface area (TPSA) is 87.7 Å². The molecular formula is C27H45N3O4S. The molecule has 7 nitrogen and oxygen atoms in total. The van der Waals surface area contributed by atoms with Gasteiger partial charge in [-0.1, -0.05) is 38.1 Å². The molecule has 0 fully saturated rings. The summed E-state index contributed by atoms with van der Waals surface area (Å²) in [4.78, 5) is 41.8. The zero-order valence-electron chi connectivity index (χ0n) is 22.9. The van der Waals surface area contributed by atoms with Gasteiger partial charge in [0, 0.05) is 12.1 Å². The molecule has 0 spiro atoms. The summed E-state index contributed by atoms with van der Waals surface area (Å²) in [6.07, 6.45) is 3.28. The van der Waals surface area contributed by atoms with Crippen LogP contribution >= 0.6 is 11.8 Å². The number of benzene rings is 1. The molecule has 0 aliphatic rings. The minimum Gasteiger partial charge on any atom is -0.444 e. The lowest BCUT2D eigenvalue weighted by atomic mass is 9.98. The van der Waals surface area contributed by atoms with Crippen LogP contribution in [0.1, 0.15) is 85.4 Å². The number of rotatable bonds is 12. The molecule has 3 amide bonds. The monoisotopic (exact) mass is 507 g/mol. The summed E-state index contributed by atoms with van der Waals surface area (Å²) in [5, 5.41) is 5.76. The summed E-state index contributed by atoms with van der Waals surface area (Å²) >= 11 is 1.59. The summed E-state index contributed by atoms with van der Waals surface area (Å²) in [7, 11) is 0. The van der Waals surface area contributed by atoms with E-state index >= 15 is 0 Å². The molecule has 1 rings (SSSR count). The first-order valence-corrected chi connectivity index (χ1v) is 13.9. The number of carbonyl (C=O) groups excluding carboxylic acids is 3.